The van der Waals surface area contributed by atoms with E-state index in [0.717, 1.165) is 35.8 Å². The van der Waals surface area contributed by atoms with Gasteiger partial charge in [0.2, 0.25) is 0 Å². The maximum atomic E-state index is 6.17. The Bertz CT molecular complexity index is 336. The van der Waals surface area contributed by atoms with Gasteiger partial charge in [-0.15, -0.1) is 0 Å². The van der Waals surface area contributed by atoms with Crippen LogP contribution >= 0.6 is 11.6 Å². The molecule has 0 spiro atoms. The number of rotatable bonds is 2. The molecule has 1 aromatic rings. The minimum atomic E-state index is 0.268. The molecule has 1 N–H and O–H groups in total. The predicted octanol–water partition coefficient (Wildman–Crippen LogP) is 2.70. The Labute approximate surface area is 95.6 Å². The van der Waals surface area contributed by atoms with E-state index in [0.29, 0.717) is 0 Å². The summed E-state index contributed by atoms with van der Waals surface area (Å²) in [5, 5.41) is 4.00. The van der Waals surface area contributed by atoms with Crippen LogP contribution in [0, 0.1) is 13.8 Å². The number of ether oxygens (including phenoxy) is 1. The third-order valence-electron chi connectivity index (χ3n) is 2.67. The van der Waals surface area contributed by atoms with Gasteiger partial charge in [-0.25, -0.2) is 0 Å². The maximum absolute atomic E-state index is 6.17. The standard InChI is InChI=1S/C12H16ClNO/c1-8-5-9(2)12(11(13)6-8)15-10-3-4-14-7-10/h5-6,10,14H,3-4,7H2,1-2H3/t10-/m0/s1. The monoisotopic (exact) mass is 225 g/mol. The smallest absolute Gasteiger partial charge is 0.141 e. The summed E-state index contributed by atoms with van der Waals surface area (Å²) in [5.74, 6) is 0.843. The molecular weight excluding hydrogens is 210 g/mol. The largest absolute Gasteiger partial charge is 0.487 e. The Kier molecular flexibility index (Phi) is 3.17. The lowest BCUT2D eigenvalue weighted by molar-refractivity contribution is 0.221. The summed E-state index contributed by atoms with van der Waals surface area (Å²) >= 11 is 6.17. The van der Waals surface area contributed by atoms with Gasteiger partial charge in [0.05, 0.1) is 5.02 Å². The minimum Gasteiger partial charge on any atom is -0.487 e. The third-order valence-corrected chi connectivity index (χ3v) is 2.95. The first-order chi connectivity index (χ1) is 7.16. The highest BCUT2D eigenvalue weighted by atomic mass is 35.5. The Morgan fingerprint density at radius 1 is 1.40 bits per heavy atom. The molecule has 0 aromatic heterocycles. The number of aryl methyl sites for hydroxylation is 2. The van der Waals surface area contributed by atoms with Gasteiger partial charge >= 0.3 is 0 Å². The van der Waals surface area contributed by atoms with Crippen molar-refractivity contribution in [1.29, 1.82) is 0 Å². The second-order valence-corrected chi connectivity index (χ2v) is 4.53. The van der Waals surface area contributed by atoms with Gasteiger partial charge in [-0.05, 0) is 44.0 Å². The van der Waals surface area contributed by atoms with Crippen LogP contribution in [0.2, 0.25) is 5.02 Å². The summed E-state index contributed by atoms with van der Waals surface area (Å²) in [6.45, 7) is 6.03. The second-order valence-electron chi connectivity index (χ2n) is 4.13. The van der Waals surface area contributed by atoms with E-state index in [-0.39, 0.29) is 6.10 Å². The highest BCUT2D eigenvalue weighted by Gasteiger charge is 2.18. The molecule has 2 rings (SSSR count). The van der Waals surface area contributed by atoms with Gasteiger partial charge in [-0.1, -0.05) is 17.7 Å². The molecule has 0 radical (unpaired) electrons. The molecule has 0 amide bonds. The van der Waals surface area contributed by atoms with Crippen molar-refractivity contribution in [3.63, 3.8) is 0 Å². The zero-order valence-corrected chi connectivity index (χ0v) is 9.90. The fourth-order valence-corrected chi connectivity index (χ4v) is 2.31. The molecule has 0 bridgehead atoms. The summed E-state index contributed by atoms with van der Waals surface area (Å²) in [7, 11) is 0. The van der Waals surface area contributed by atoms with Gasteiger partial charge in [0.25, 0.3) is 0 Å². The molecule has 15 heavy (non-hydrogen) atoms. The van der Waals surface area contributed by atoms with Crippen LogP contribution in [-0.4, -0.2) is 19.2 Å². The van der Waals surface area contributed by atoms with Crippen molar-refractivity contribution < 1.29 is 4.74 Å². The zero-order valence-electron chi connectivity index (χ0n) is 9.14. The number of hydrogen-bond donors (Lipinski definition) is 1. The molecule has 1 fully saturated rings. The second kappa shape index (κ2) is 4.42. The van der Waals surface area contributed by atoms with Crippen molar-refractivity contribution in [1.82, 2.24) is 5.32 Å². The molecule has 0 unspecified atom stereocenters. The Morgan fingerprint density at radius 2 is 2.20 bits per heavy atom. The van der Waals surface area contributed by atoms with Gasteiger partial charge in [-0.2, -0.15) is 0 Å². The summed E-state index contributed by atoms with van der Waals surface area (Å²) in [4.78, 5) is 0. The molecule has 0 aliphatic carbocycles. The molecule has 1 aliphatic rings. The average molecular weight is 226 g/mol. The van der Waals surface area contributed by atoms with Crippen LogP contribution in [-0.2, 0) is 0 Å². The highest BCUT2D eigenvalue weighted by molar-refractivity contribution is 6.32. The molecule has 1 aromatic carbocycles. The lowest BCUT2D eigenvalue weighted by Gasteiger charge is -2.16. The molecule has 1 aliphatic heterocycles. The van der Waals surface area contributed by atoms with E-state index in [2.05, 4.69) is 11.4 Å². The molecule has 82 valence electrons. The van der Waals surface area contributed by atoms with Crippen LogP contribution in [0.5, 0.6) is 5.75 Å². The lowest BCUT2D eigenvalue weighted by atomic mass is 10.1. The van der Waals surface area contributed by atoms with Crippen LogP contribution in [0.3, 0.4) is 0 Å². The fourth-order valence-electron chi connectivity index (χ4n) is 1.95. The quantitative estimate of drug-likeness (QED) is 0.836. The molecule has 1 saturated heterocycles. The number of benzene rings is 1. The van der Waals surface area contributed by atoms with Crippen molar-refractivity contribution in [2.45, 2.75) is 26.4 Å². The van der Waals surface area contributed by atoms with E-state index in [9.17, 15) is 0 Å². The van der Waals surface area contributed by atoms with E-state index in [4.69, 9.17) is 16.3 Å². The molecule has 1 heterocycles. The summed E-state index contributed by atoms with van der Waals surface area (Å²) in [5.41, 5.74) is 2.29. The van der Waals surface area contributed by atoms with Crippen molar-refractivity contribution in [2.75, 3.05) is 13.1 Å². The van der Waals surface area contributed by atoms with Crippen molar-refractivity contribution >= 4 is 11.6 Å². The van der Waals surface area contributed by atoms with Gasteiger partial charge in [-0.3, -0.25) is 0 Å². The molecule has 3 heteroatoms. The van der Waals surface area contributed by atoms with E-state index >= 15 is 0 Å². The average Bonchev–Trinajstić information content (AvgIpc) is 2.63. The lowest BCUT2D eigenvalue weighted by Crippen LogP contribution is -2.20. The van der Waals surface area contributed by atoms with Crippen molar-refractivity contribution in [2.24, 2.45) is 0 Å². The van der Waals surface area contributed by atoms with E-state index in [1.807, 2.05) is 19.9 Å². The van der Waals surface area contributed by atoms with Gasteiger partial charge in [0.15, 0.2) is 0 Å². The Morgan fingerprint density at radius 3 is 2.80 bits per heavy atom. The van der Waals surface area contributed by atoms with Gasteiger partial charge in [0.1, 0.15) is 11.9 Å². The first kappa shape index (κ1) is 10.8. The number of nitrogens with one attached hydrogen (secondary N) is 1. The van der Waals surface area contributed by atoms with E-state index in [1.165, 1.54) is 5.56 Å². The summed E-state index contributed by atoms with van der Waals surface area (Å²) < 4.78 is 5.90. The van der Waals surface area contributed by atoms with E-state index in [1.54, 1.807) is 0 Å². The van der Waals surface area contributed by atoms with Crippen LogP contribution in [0.1, 0.15) is 17.5 Å². The van der Waals surface area contributed by atoms with Crippen LogP contribution in [0.4, 0.5) is 0 Å². The topological polar surface area (TPSA) is 21.3 Å². The Hall–Kier alpha value is -0.730. The summed E-state index contributed by atoms with van der Waals surface area (Å²) in [6, 6.07) is 4.05. The molecule has 1 atom stereocenters. The van der Waals surface area contributed by atoms with Crippen LogP contribution in [0.15, 0.2) is 12.1 Å². The normalized spacial score (nSPS) is 20.6. The first-order valence-corrected chi connectivity index (χ1v) is 5.69. The highest BCUT2D eigenvalue weighted by Crippen LogP contribution is 2.31. The molecular formula is C12H16ClNO. The van der Waals surface area contributed by atoms with E-state index < -0.39 is 0 Å². The Balaban J connectivity index is 2.19. The molecule has 2 nitrogen and oxygen atoms in total. The predicted molar refractivity (Wildman–Crippen MR) is 62.8 cm³/mol. The van der Waals surface area contributed by atoms with Crippen molar-refractivity contribution in [3.8, 4) is 5.75 Å². The first-order valence-electron chi connectivity index (χ1n) is 5.31. The SMILES string of the molecule is Cc1cc(C)c(O[C@H]2CCNC2)c(Cl)c1. The number of halogens is 1. The van der Waals surface area contributed by atoms with Crippen LogP contribution < -0.4 is 10.1 Å². The zero-order chi connectivity index (χ0) is 10.8. The summed E-state index contributed by atoms with van der Waals surface area (Å²) in [6.07, 6.45) is 1.33. The third kappa shape index (κ3) is 2.44. The fraction of sp³-hybridized carbons (Fsp3) is 0.500. The number of hydrogen-bond acceptors (Lipinski definition) is 2. The maximum Gasteiger partial charge on any atom is 0.141 e. The van der Waals surface area contributed by atoms with Crippen LogP contribution in [0.25, 0.3) is 0 Å². The van der Waals surface area contributed by atoms with Crippen molar-refractivity contribution in [3.05, 3.63) is 28.3 Å². The minimum absolute atomic E-state index is 0.268. The van der Waals surface area contributed by atoms with Gasteiger partial charge < -0.3 is 10.1 Å². The van der Waals surface area contributed by atoms with Gasteiger partial charge in [0, 0.05) is 6.54 Å². The molecule has 0 saturated carbocycles.